The van der Waals surface area contributed by atoms with Gasteiger partial charge in [-0.2, -0.15) is 0 Å². The van der Waals surface area contributed by atoms with Crippen molar-refractivity contribution in [3.8, 4) is 0 Å². The Kier molecular flexibility index (Phi) is 6.49. The van der Waals surface area contributed by atoms with Crippen LogP contribution in [-0.4, -0.2) is 70.6 Å². The lowest BCUT2D eigenvalue weighted by atomic mass is 10.00. The minimum Gasteiger partial charge on any atom is -0.341 e. The van der Waals surface area contributed by atoms with E-state index in [4.69, 9.17) is 0 Å². The molecular weight excluding hydrogens is 348 g/mol. The summed E-state index contributed by atoms with van der Waals surface area (Å²) < 4.78 is 0. The van der Waals surface area contributed by atoms with E-state index in [0.29, 0.717) is 0 Å². The van der Waals surface area contributed by atoms with Crippen molar-refractivity contribution in [2.75, 3.05) is 50.7 Å². The zero-order valence-corrected chi connectivity index (χ0v) is 17.0. The van der Waals surface area contributed by atoms with Gasteiger partial charge in [0.25, 0.3) is 0 Å². The van der Waals surface area contributed by atoms with Gasteiger partial charge in [-0.25, -0.2) is 9.97 Å². The summed E-state index contributed by atoms with van der Waals surface area (Å²) in [6, 6.07) is 6.16. The van der Waals surface area contributed by atoms with Gasteiger partial charge in [-0.3, -0.25) is 9.88 Å². The minimum atomic E-state index is 0.832. The quantitative estimate of drug-likeness (QED) is 0.767. The van der Waals surface area contributed by atoms with E-state index in [2.05, 4.69) is 48.7 Å². The monoisotopic (exact) mass is 380 g/mol. The summed E-state index contributed by atoms with van der Waals surface area (Å²) in [5.41, 5.74) is 2.40. The van der Waals surface area contributed by atoms with E-state index in [1.54, 1.807) is 0 Å². The molecule has 28 heavy (non-hydrogen) atoms. The van der Waals surface area contributed by atoms with E-state index in [9.17, 15) is 0 Å². The number of rotatable bonds is 6. The van der Waals surface area contributed by atoms with Crippen LogP contribution in [0.4, 0.5) is 5.95 Å². The predicted octanol–water partition coefficient (Wildman–Crippen LogP) is 2.47. The molecule has 6 nitrogen and oxygen atoms in total. The van der Waals surface area contributed by atoms with Crippen LogP contribution in [0, 0.1) is 5.92 Å². The largest absolute Gasteiger partial charge is 0.341 e. The lowest BCUT2D eigenvalue weighted by Gasteiger charge is -2.34. The van der Waals surface area contributed by atoms with Crippen molar-refractivity contribution < 1.29 is 0 Å². The summed E-state index contributed by atoms with van der Waals surface area (Å²) in [4.78, 5) is 21.1. The first-order chi connectivity index (χ1) is 13.8. The average molecular weight is 381 g/mol. The molecule has 0 spiro atoms. The summed E-state index contributed by atoms with van der Waals surface area (Å²) in [6.07, 6.45) is 9.45. The van der Waals surface area contributed by atoms with Crippen LogP contribution in [0.15, 0.2) is 36.8 Å². The van der Waals surface area contributed by atoms with Gasteiger partial charge in [-0.15, -0.1) is 0 Å². The van der Waals surface area contributed by atoms with Gasteiger partial charge < -0.3 is 9.80 Å². The Morgan fingerprint density at radius 3 is 2.29 bits per heavy atom. The van der Waals surface area contributed by atoms with E-state index < -0.39 is 0 Å². The smallest absolute Gasteiger partial charge is 0.225 e. The summed E-state index contributed by atoms with van der Waals surface area (Å²) >= 11 is 0. The Hall–Kier alpha value is -2.05. The number of aromatic nitrogens is 3. The lowest BCUT2D eigenvalue weighted by molar-refractivity contribution is 0.128. The molecule has 2 aromatic rings. The molecule has 0 bridgehead atoms. The number of pyridine rings is 1. The zero-order chi connectivity index (χ0) is 19.2. The van der Waals surface area contributed by atoms with Crippen LogP contribution in [0.25, 0.3) is 0 Å². The summed E-state index contributed by atoms with van der Waals surface area (Å²) in [5.74, 6) is 1.73. The molecule has 2 aromatic heterocycles. The highest BCUT2D eigenvalue weighted by Crippen LogP contribution is 2.20. The molecule has 2 aliphatic heterocycles. The molecule has 6 heteroatoms. The fourth-order valence-electron chi connectivity index (χ4n) is 4.05. The van der Waals surface area contributed by atoms with Gasteiger partial charge in [0.05, 0.1) is 0 Å². The van der Waals surface area contributed by atoms with Crippen LogP contribution in [-0.2, 0) is 13.0 Å². The van der Waals surface area contributed by atoms with Gasteiger partial charge in [0.1, 0.15) is 0 Å². The SMILES string of the molecule is CC1CCN(c2ncc(CN3CCN(CCc4ccccn4)CC3)cn2)CC1. The van der Waals surface area contributed by atoms with Crippen LogP contribution in [0.3, 0.4) is 0 Å². The summed E-state index contributed by atoms with van der Waals surface area (Å²) in [5, 5.41) is 0. The second kappa shape index (κ2) is 9.43. The molecule has 4 rings (SSSR count). The van der Waals surface area contributed by atoms with E-state index in [-0.39, 0.29) is 0 Å². The summed E-state index contributed by atoms with van der Waals surface area (Å²) in [7, 11) is 0. The van der Waals surface area contributed by atoms with Crippen LogP contribution < -0.4 is 4.90 Å². The van der Waals surface area contributed by atoms with E-state index in [1.807, 2.05) is 24.7 Å². The lowest BCUT2D eigenvalue weighted by Crippen LogP contribution is -2.46. The van der Waals surface area contributed by atoms with Gasteiger partial charge in [-0.1, -0.05) is 13.0 Å². The molecule has 0 radical (unpaired) electrons. The van der Waals surface area contributed by atoms with Gasteiger partial charge in [-0.05, 0) is 30.9 Å². The Balaban J connectivity index is 1.20. The number of piperidine rings is 1. The van der Waals surface area contributed by atoms with Gasteiger partial charge in [0, 0.05) is 88.6 Å². The van der Waals surface area contributed by atoms with Crippen LogP contribution >= 0.6 is 0 Å². The molecule has 4 heterocycles. The first kappa shape index (κ1) is 19.3. The van der Waals surface area contributed by atoms with Gasteiger partial charge in [0.15, 0.2) is 0 Å². The van der Waals surface area contributed by atoms with Crippen molar-refractivity contribution in [3.63, 3.8) is 0 Å². The molecule has 0 N–H and O–H groups in total. The molecule has 0 atom stereocenters. The topological polar surface area (TPSA) is 48.4 Å². The van der Waals surface area contributed by atoms with Gasteiger partial charge in [0.2, 0.25) is 5.95 Å². The van der Waals surface area contributed by atoms with Crippen molar-refractivity contribution in [3.05, 3.63) is 48.0 Å². The van der Waals surface area contributed by atoms with Crippen molar-refractivity contribution in [1.29, 1.82) is 0 Å². The van der Waals surface area contributed by atoms with Crippen molar-refractivity contribution in [1.82, 2.24) is 24.8 Å². The highest BCUT2D eigenvalue weighted by Gasteiger charge is 2.19. The fraction of sp³-hybridized carbons (Fsp3) is 0.591. The third-order valence-corrected chi connectivity index (χ3v) is 6.04. The molecule has 0 saturated carbocycles. The average Bonchev–Trinajstić information content (AvgIpc) is 2.75. The minimum absolute atomic E-state index is 0.832. The van der Waals surface area contributed by atoms with E-state index in [0.717, 1.165) is 70.6 Å². The Morgan fingerprint density at radius 1 is 0.893 bits per heavy atom. The number of anilines is 1. The normalized spacial score (nSPS) is 19.8. The molecule has 0 unspecified atom stereocenters. The van der Waals surface area contributed by atoms with Crippen LogP contribution in [0.1, 0.15) is 31.0 Å². The standard InChI is InChI=1S/C22H32N6/c1-19-5-10-28(11-6-19)22-24-16-20(17-25-22)18-27-14-12-26(13-15-27)9-7-21-4-2-3-8-23-21/h2-4,8,16-17,19H,5-7,9-15,18H2,1H3. The molecule has 0 amide bonds. The third kappa shape index (κ3) is 5.26. The Bertz CT molecular complexity index is 704. The second-order valence-electron chi connectivity index (χ2n) is 8.25. The molecule has 150 valence electrons. The number of hydrogen-bond donors (Lipinski definition) is 0. The first-order valence-corrected chi connectivity index (χ1v) is 10.7. The maximum absolute atomic E-state index is 4.64. The van der Waals surface area contributed by atoms with E-state index in [1.165, 1.54) is 24.1 Å². The second-order valence-corrected chi connectivity index (χ2v) is 8.25. The third-order valence-electron chi connectivity index (χ3n) is 6.04. The maximum atomic E-state index is 4.64. The highest BCUT2D eigenvalue weighted by molar-refractivity contribution is 5.30. The molecule has 0 aromatic carbocycles. The summed E-state index contributed by atoms with van der Waals surface area (Å²) in [6.45, 7) is 11.0. The molecular formula is C22H32N6. The maximum Gasteiger partial charge on any atom is 0.225 e. The molecule has 2 fully saturated rings. The van der Waals surface area contributed by atoms with Crippen molar-refractivity contribution in [2.24, 2.45) is 5.92 Å². The zero-order valence-electron chi connectivity index (χ0n) is 17.0. The molecule has 0 aliphatic carbocycles. The Morgan fingerprint density at radius 2 is 1.61 bits per heavy atom. The van der Waals surface area contributed by atoms with Crippen molar-refractivity contribution in [2.45, 2.75) is 32.7 Å². The van der Waals surface area contributed by atoms with Gasteiger partial charge >= 0.3 is 0 Å². The van der Waals surface area contributed by atoms with Crippen molar-refractivity contribution >= 4 is 5.95 Å². The highest BCUT2D eigenvalue weighted by atomic mass is 15.3. The molecule has 2 aliphatic rings. The number of nitrogens with zero attached hydrogens (tertiary/aromatic N) is 6. The number of piperazine rings is 1. The molecule has 2 saturated heterocycles. The predicted molar refractivity (Wildman–Crippen MR) is 112 cm³/mol. The number of hydrogen-bond acceptors (Lipinski definition) is 6. The first-order valence-electron chi connectivity index (χ1n) is 10.7. The van der Waals surface area contributed by atoms with Crippen LogP contribution in [0.5, 0.6) is 0 Å². The fourth-order valence-corrected chi connectivity index (χ4v) is 4.05. The van der Waals surface area contributed by atoms with Crippen LogP contribution in [0.2, 0.25) is 0 Å². The Labute approximate surface area is 168 Å². The van der Waals surface area contributed by atoms with E-state index >= 15 is 0 Å².